The lowest BCUT2D eigenvalue weighted by Gasteiger charge is -2.16. The number of carbonyl (C=O) groups excluding carboxylic acids is 1. The van der Waals surface area contributed by atoms with Gasteiger partial charge in [0.05, 0.1) is 47.0 Å². The number of benzene rings is 2. The van der Waals surface area contributed by atoms with Crippen molar-refractivity contribution in [2.75, 3.05) is 35.0 Å². The van der Waals surface area contributed by atoms with Gasteiger partial charge < -0.3 is 23.7 Å². The summed E-state index contributed by atoms with van der Waals surface area (Å²) in [5, 5.41) is 0. The first-order chi connectivity index (χ1) is 15.0. The van der Waals surface area contributed by atoms with Gasteiger partial charge in [0.1, 0.15) is 5.75 Å². The summed E-state index contributed by atoms with van der Waals surface area (Å²) in [4.78, 5) is 11.5. The highest BCUT2D eigenvalue weighted by Crippen LogP contribution is 2.41. The van der Waals surface area contributed by atoms with E-state index >= 15 is 0 Å². The predicted octanol–water partition coefficient (Wildman–Crippen LogP) is 4.48. The molecule has 0 saturated carbocycles. The maximum Gasteiger partial charge on any atom is 0.306 e. The van der Waals surface area contributed by atoms with Crippen LogP contribution in [0.25, 0.3) is 5.57 Å². The fourth-order valence-electron chi connectivity index (χ4n) is 2.97. The van der Waals surface area contributed by atoms with Crippen LogP contribution in [-0.2, 0) is 9.53 Å². The smallest absolute Gasteiger partial charge is 0.306 e. The molecular formula is C25H28O6. The molecule has 164 valence electrons. The third-order valence-electron chi connectivity index (χ3n) is 4.54. The standard InChI is InChI=1S/C25H28O6/c1-7-31-24(26)11-9-8-10-19-14-18(12-13-21(19)27-3)17(2)20-15-22(28-4)25(30-6)23(16-20)29-5/h12-16H,2,7,9,11H2,1,3-6H3. The Morgan fingerprint density at radius 2 is 1.55 bits per heavy atom. The van der Waals surface area contributed by atoms with Crippen LogP contribution in [-0.4, -0.2) is 41.0 Å². The lowest BCUT2D eigenvalue weighted by molar-refractivity contribution is -0.142. The first kappa shape index (κ1) is 23.7. The molecule has 0 fully saturated rings. The summed E-state index contributed by atoms with van der Waals surface area (Å²) in [5.74, 6) is 8.08. The molecule has 0 N–H and O–H groups in total. The van der Waals surface area contributed by atoms with E-state index in [1.165, 1.54) is 0 Å². The molecule has 31 heavy (non-hydrogen) atoms. The van der Waals surface area contributed by atoms with Gasteiger partial charge in [0, 0.05) is 6.42 Å². The average molecular weight is 424 g/mol. The van der Waals surface area contributed by atoms with Crippen LogP contribution >= 0.6 is 0 Å². The Balaban J connectivity index is 2.34. The molecule has 0 bridgehead atoms. The Bertz CT molecular complexity index is 972. The molecule has 2 aromatic rings. The van der Waals surface area contributed by atoms with Crippen molar-refractivity contribution in [1.82, 2.24) is 0 Å². The number of esters is 1. The van der Waals surface area contributed by atoms with Crippen molar-refractivity contribution in [1.29, 1.82) is 0 Å². The fraction of sp³-hybridized carbons (Fsp3) is 0.320. The van der Waals surface area contributed by atoms with E-state index in [4.69, 9.17) is 23.7 Å². The van der Waals surface area contributed by atoms with Crippen molar-refractivity contribution >= 4 is 11.5 Å². The molecule has 0 atom stereocenters. The van der Waals surface area contributed by atoms with Gasteiger partial charge >= 0.3 is 5.97 Å². The second kappa shape index (κ2) is 11.6. The molecule has 0 radical (unpaired) electrons. The first-order valence-corrected chi connectivity index (χ1v) is 9.81. The van der Waals surface area contributed by atoms with E-state index in [0.717, 1.165) is 16.7 Å². The molecule has 0 aromatic heterocycles. The second-order valence-electron chi connectivity index (χ2n) is 6.41. The Kier molecular flexibility index (Phi) is 8.83. The zero-order chi connectivity index (χ0) is 22.8. The largest absolute Gasteiger partial charge is 0.495 e. The highest BCUT2D eigenvalue weighted by Gasteiger charge is 2.16. The number of carbonyl (C=O) groups is 1. The van der Waals surface area contributed by atoms with Crippen molar-refractivity contribution in [2.24, 2.45) is 0 Å². The summed E-state index contributed by atoms with van der Waals surface area (Å²) in [6.45, 7) is 6.38. The number of hydrogen-bond acceptors (Lipinski definition) is 6. The SMILES string of the molecule is C=C(c1ccc(OC)c(C#CCCC(=O)OCC)c1)c1cc(OC)c(OC)c(OC)c1. The number of hydrogen-bond donors (Lipinski definition) is 0. The summed E-state index contributed by atoms with van der Waals surface area (Å²) >= 11 is 0. The zero-order valence-electron chi connectivity index (χ0n) is 18.7. The van der Waals surface area contributed by atoms with E-state index in [-0.39, 0.29) is 12.4 Å². The molecule has 0 aliphatic carbocycles. The molecule has 0 amide bonds. The monoisotopic (exact) mass is 424 g/mol. The van der Waals surface area contributed by atoms with Crippen molar-refractivity contribution in [3.8, 4) is 34.8 Å². The molecule has 0 aliphatic heterocycles. The third kappa shape index (κ3) is 5.95. The fourth-order valence-corrected chi connectivity index (χ4v) is 2.97. The zero-order valence-corrected chi connectivity index (χ0v) is 18.7. The number of rotatable bonds is 9. The van der Waals surface area contributed by atoms with Crippen LogP contribution < -0.4 is 18.9 Å². The Labute approximate surface area is 183 Å². The maximum atomic E-state index is 11.5. The minimum Gasteiger partial charge on any atom is -0.495 e. The van der Waals surface area contributed by atoms with Crippen molar-refractivity contribution in [3.05, 3.63) is 53.6 Å². The van der Waals surface area contributed by atoms with Crippen LogP contribution in [0, 0.1) is 11.8 Å². The first-order valence-electron chi connectivity index (χ1n) is 9.81. The van der Waals surface area contributed by atoms with Crippen LogP contribution in [0.1, 0.15) is 36.5 Å². The van der Waals surface area contributed by atoms with Crippen LogP contribution in [0.5, 0.6) is 23.0 Å². The summed E-state index contributed by atoms with van der Waals surface area (Å²) in [7, 11) is 6.29. The Morgan fingerprint density at radius 3 is 2.10 bits per heavy atom. The van der Waals surface area contributed by atoms with Crippen LogP contribution in [0.3, 0.4) is 0 Å². The van der Waals surface area contributed by atoms with E-state index in [9.17, 15) is 4.79 Å². The summed E-state index contributed by atoms with van der Waals surface area (Å²) in [5.41, 5.74) is 3.15. The van der Waals surface area contributed by atoms with Crippen LogP contribution in [0.15, 0.2) is 36.9 Å². The van der Waals surface area contributed by atoms with Crippen LogP contribution in [0.4, 0.5) is 0 Å². The molecule has 0 heterocycles. The molecule has 0 aliphatic rings. The molecule has 0 unspecified atom stereocenters. The second-order valence-corrected chi connectivity index (χ2v) is 6.41. The Morgan fingerprint density at radius 1 is 0.903 bits per heavy atom. The lowest BCUT2D eigenvalue weighted by Crippen LogP contribution is -2.02. The summed E-state index contributed by atoms with van der Waals surface area (Å²) in [6, 6.07) is 9.35. The van der Waals surface area contributed by atoms with E-state index < -0.39 is 0 Å². The van der Waals surface area contributed by atoms with E-state index in [2.05, 4.69) is 18.4 Å². The predicted molar refractivity (Wildman–Crippen MR) is 120 cm³/mol. The molecule has 6 heteroatoms. The van der Waals surface area contributed by atoms with Gasteiger partial charge in [-0.25, -0.2) is 0 Å². The van der Waals surface area contributed by atoms with Crippen molar-refractivity contribution < 1.29 is 28.5 Å². The van der Waals surface area contributed by atoms with Gasteiger partial charge in [0.2, 0.25) is 5.75 Å². The third-order valence-corrected chi connectivity index (χ3v) is 4.54. The molecule has 6 nitrogen and oxygen atoms in total. The highest BCUT2D eigenvalue weighted by atomic mass is 16.5. The van der Waals surface area contributed by atoms with Gasteiger partial charge in [-0.05, 0) is 47.9 Å². The van der Waals surface area contributed by atoms with Crippen molar-refractivity contribution in [2.45, 2.75) is 19.8 Å². The maximum absolute atomic E-state index is 11.5. The quantitative estimate of drug-likeness (QED) is 0.437. The number of ether oxygens (including phenoxy) is 5. The topological polar surface area (TPSA) is 63.2 Å². The van der Waals surface area contributed by atoms with E-state index in [1.807, 2.05) is 30.3 Å². The van der Waals surface area contributed by atoms with Gasteiger partial charge in [0.15, 0.2) is 11.5 Å². The van der Waals surface area contributed by atoms with Gasteiger partial charge in [-0.3, -0.25) is 4.79 Å². The van der Waals surface area contributed by atoms with Crippen molar-refractivity contribution in [3.63, 3.8) is 0 Å². The summed E-state index contributed by atoms with van der Waals surface area (Å²) < 4.78 is 26.6. The summed E-state index contributed by atoms with van der Waals surface area (Å²) in [6.07, 6.45) is 0.654. The Hall–Kier alpha value is -3.59. The molecule has 2 rings (SSSR count). The van der Waals surface area contributed by atoms with E-state index in [1.54, 1.807) is 35.4 Å². The minimum atomic E-state index is -0.256. The molecule has 0 saturated heterocycles. The van der Waals surface area contributed by atoms with Gasteiger partial charge in [0.25, 0.3) is 0 Å². The van der Waals surface area contributed by atoms with E-state index in [0.29, 0.717) is 41.6 Å². The normalized spacial score (nSPS) is 9.84. The minimum absolute atomic E-state index is 0.251. The molecular weight excluding hydrogens is 396 g/mol. The highest BCUT2D eigenvalue weighted by molar-refractivity contribution is 5.81. The van der Waals surface area contributed by atoms with Crippen LogP contribution in [0.2, 0.25) is 0 Å². The molecule has 0 spiro atoms. The lowest BCUT2D eigenvalue weighted by atomic mass is 9.97. The van der Waals surface area contributed by atoms with Gasteiger partial charge in [-0.15, -0.1) is 0 Å². The van der Waals surface area contributed by atoms with Gasteiger partial charge in [-0.2, -0.15) is 0 Å². The molecule has 2 aromatic carbocycles. The average Bonchev–Trinajstić information content (AvgIpc) is 2.80. The number of methoxy groups -OCH3 is 4. The van der Waals surface area contributed by atoms with Gasteiger partial charge in [-0.1, -0.05) is 24.5 Å².